The van der Waals surface area contributed by atoms with Crippen molar-refractivity contribution in [3.8, 4) is 0 Å². The van der Waals surface area contributed by atoms with Crippen LogP contribution in [0.4, 0.5) is 5.95 Å². The number of rotatable bonds is 6. The maximum Gasteiger partial charge on any atom is 0.320 e. The molecule has 16 heavy (non-hydrogen) atoms. The Morgan fingerprint density at radius 1 is 1.62 bits per heavy atom. The van der Waals surface area contributed by atoms with Crippen molar-refractivity contribution in [1.29, 1.82) is 0 Å². The summed E-state index contributed by atoms with van der Waals surface area (Å²) in [6.45, 7) is 4.54. The number of hydrogen-bond acceptors (Lipinski definition) is 4. The second-order valence-electron chi connectivity index (χ2n) is 3.81. The number of carboxylic acids is 1. The molecule has 1 atom stereocenters. The Bertz CT molecular complexity index is 342. The fourth-order valence-corrected chi connectivity index (χ4v) is 1.28. The molecule has 0 saturated heterocycles. The molecule has 1 unspecified atom stereocenters. The first-order valence-electron chi connectivity index (χ1n) is 5.26. The molecule has 0 fully saturated rings. The number of carboxylic acid groups (broad SMARTS) is 1. The van der Waals surface area contributed by atoms with Crippen molar-refractivity contribution in [3.05, 3.63) is 11.4 Å². The van der Waals surface area contributed by atoms with Crippen LogP contribution < -0.4 is 11.1 Å². The molecule has 0 saturated carbocycles. The minimum absolute atomic E-state index is 0.459. The molecular formula is C10H18N4O2. The van der Waals surface area contributed by atoms with Crippen LogP contribution in [0.1, 0.15) is 24.2 Å². The van der Waals surface area contributed by atoms with Crippen LogP contribution in [-0.2, 0) is 4.79 Å². The molecule has 0 aromatic carbocycles. The van der Waals surface area contributed by atoms with Crippen LogP contribution in [0.5, 0.6) is 0 Å². The summed E-state index contributed by atoms with van der Waals surface area (Å²) < 4.78 is 0. The van der Waals surface area contributed by atoms with E-state index < -0.39 is 12.0 Å². The van der Waals surface area contributed by atoms with Gasteiger partial charge in [0.05, 0.1) is 5.69 Å². The molecule has 90 valence electrons. The van der Waals surface area contributed by atoms with Crippen molar-refractivity contribution in [1.82, 2.24) is 9.97 Å². The number of nitrogens with two attached hydrogens (primary N) is 1. The number of nitrogens with zero attached hydrogens (tertiary/aromatic N) is 1. The molecule has 0 amide bonds. The highest BCUT2D eigenvalue weighted by Crippen LogP contribution is 2.07. The van der Waals surface area contributed by atoms with E-state index in [0.29, 0.717) is 19.4 Å². The highest BCUT2D eigenvalue weighted by atomic mass is 16.4. The lowest BCUT2D eigenvalue weighted by Crippen LogP contribution is -2.30. The first-order chi connectivity index (χ1) is 7.50. The Labute approximate surface area is 94.3 Å². The van der Waals surface area contributed by atoms with Crippen LogP contribution in [0, 0.1) is 13.8 Å². The standard InChI is InChI=1S/C10H18N4O2/c1-6-7(2)14-10(13-6)12-5-3-4-8(11)9(15)16/h8H,3-5,11H2,1-2H3,(H,15,16)(H2,12,13,14). The number of anilines is 1. The summed E-state index contributed by atoms with van der Waals surface area (Å²) in [5.41, 5.74) is 7.37. The van der Waals surface area contributed by atoms with Gasteiger partial charge >= 0.3 is 5.97 Å². The summed E-state index contributed by atoms with van der Waals surface area (Å²) in [4.78, 5) is 17.8. The van der Waals surface area contributed by atoms with Gasteiger partial charge in [-0.25, -0.2) is 4.98 Å². The number of imidazole rings is 1. The van der Waals surface area contributed by atoms with E-state index in [2.05, 4.69) is 15.3 Å². The highest BCUT2D eigenvalue weighted by molar-refractivity contribution is 5.72. The third kappa shape index (κ3) is 3.54. The number of H-pyrrole nitrogens is 1. The van der Waals surface area contributed by atoms with Gasteiger partial charge in [0.25, 0.3) is 0 Å². The van der Waals surface area contributed by atoms with E-state index in [1.807, 2.05) is 13.8 Å². The molecule has 0 aliphatic carbocycles. The number of aliphatic carboxylic acids is 1. The Hall–Kier alpha value is -1.56. The first kappa shape index (κ1) is 12.5. The Kier molecular flexibility index (Phi) is 4.30. The topological polar surface area (TPSA) is 104 Å². The van der Waals surface area contributed by atoms with Gasteiger partial charge in [-0.1, -0.05) is 0 Å². The van der Waals surface area contributed by atoms with E-state index in [1.54, 1.807) is 0 Å². The Balaban J connectivity index is 2.23. The van der Waals surface area contributed by atoms with Crippen LogP contribution in [0.3, 0.4) is 0 Å². The monoisotopic (exact) mass is 226 g/mol. The minimum Gasteiger partial charge on any atom is -0.480 e. The lowest BCUT2D eigenvalue weighted by Gasteiger charge is -2.06. The number of aromatic nitrogens is 2. The van der Waals surface area contributed by atoms with Gasteiger partial charge in [-0.2, -0.15) is 0 Å². The summed E-state index contributed by atoms with van der Waals surface area (Å²) in [6, 6.07) is -0.776. The molecule has 0 bridgehead atoms. The van der Waals surface area contributed by atoms with E-state index >= 15 is 0 Å². The summed E-state index contributed by atoms with van der Waals surface area (Å²) >= 11 is 0. The summed E-state index contributed by atoms with van der Waals surface area (Å²) in [6.07, 6.45) is 1.16. The van der Waals surface area contributed by atoms with Gasteiger partial charge in [-0.15, -0.1) is 0 Å². The van der Waals surface area contributed by atoms with Gasteiger partial charge in [0, 0.05) is 12.2 Å². The maximum absolute atomic E-state index is 10.4. The fraction of sp³-hybridized carbons (Fsp3) is 0.600. The molecule has 0 spiro atoms. The summed E-state index contributed by atoms with van der Waals surface area (Å²) in [5, 5.41) is 11.7. The molecule has 0 aliphatic heterocycles. The number of carbonyl (C=O) groups is 1. The normalized spacial score (nSPS) is 12.4. The zero-order valence-corrected chi connectivity index (χ0v) is 9.58. The fourth-order valence-electron chi connectivity index (χ4n) is 1.28. The second kappa shape index (κ2) is 5.50. The molecule has 0 radical (unpaired) electrons. The number of aryl methyl sites for hydroxylation is 2. The quantitative estimate of drug-likeness (QED) is 0.533. The third-order valence-electron chi connectivity index (χ3n) is 2.43. The van der Waals surface area contributed by atoms with Gasteiger partial charge < -0.3 is 21.1 Å². The molecule has 1 aromatic heterocycles. The van der Waals surface area contributed by atoms with Gasteiger partial charge in [-0.05, 0) is 26.7 Å². The van der Waals surface area contributed by atoms with Crippen LogP contribution >= 0.6 is 0 Å². The van der Waals surface area contributed by atoms with Gasteiger partial charge in [0.1, 0.15) is 6.04 Å². The van der Waals surface area contributed by atoms with Crippen molar-refractivity contribution in [2.75, 3.05) is 11.9 Å². The number of nitrogens with one attached hydrogen (secondary N) is 2. The van der Waals surface area contributed by atoms with Crippen molar-refractivity contribution in [2.45, 2.75) is 32.7 Å². The predicted molar refractivity (Wildman–Crippen MR) is 61.4 cm³/mol. The number of hydrogen-bond donors (Lipinski definition) is 4. The zero-order valence-electron chi connectivity index (χ0n) is 9.58. The van der Waals surface area contributed by atoms with Crippen LogP contribution in [0.2, 0.25) is 0 Å². The predicted octanol–water partition coefficient (Wildman–Crippen LogP) is 0.631. The molecule has 5 N–H and O–H groups in total. The maximum atomic E-state index is 10.4. The Morgan fingerprint density at radius 2 is 2.31 bits per heavy atom. The average molecular weight is 226 g/mol. The van der Waals surface area contributed by atoms with Crippen molar-refractivity contribution < 1.29 is 9.90 Å². The van der Waals surface area contributed by atoms with E-state index in [0.717, 1.165) is 17.3 Å². The van der Waals surface area contributed by atoms with Gasteiger partial charge in [0.15, 0.2) is 0 Å². The van der Waals surface area contributed by atoms with Gasteiger partial charge in [-0.3, -0.25) is 4.79 Å². The largest absolute Gasteiger partial charge is 0.480 e. The smallest absolute Gasteiger partial charge is 0.320 e. The van der Waals surface area contributed by atoms with Gasteiger partial charge in [0.2, 0.25) is 5.95 Å². The van der Waals surface area contributed by atoms with Crippen LogP contribution in [-0.4, -0.2) is 33.6 Å². The van der Waals surface area contributed by atoms with Crippen molar-refractivity contribution in [3.63, 3.8) is 0 Å². The van der Waals surface area contributed by atoms with E-state index in [1.165, 1.54) is 0 Å². The summed E-state index contributed by atoms with van der Waals surface area (Å²) in [5.74, 6) is -0.233. The lowest BCUT2D eigenvalue weighted by molar-refractivity contribution is -0.138. The van der Waals surface area contributed by atoms with Crippen molar-refractivity contribution in [2.24, 2.45) is 5.73 Å². The molecule has 1 heterocycles. The van der Waals surface area contributed by atoms with Crippen molar-refractivity contribution >= 4 is 11.9 Å². The molecule has 6 heteroatoms. The van der Waals surface area contributed by atoms with E-state index in [4.69, 9.17) is 10.8 Å². The van der Waals surface area contributed by atoms with E-state index in [9.17, 15) is 4.79 Å². The molecule has 1 aromatic rings. The lowest BCUT2D eigenvalue weighted by atomic mass is 10.2. The average Bonchev–Trinajstić information content (AvgIpc) is 2.53. The van der Waals surface area contributed by atoms with Crippen LogP contribution in [0.15, 0.2) is 0 Å². The zero-order chi connectivity index (χ0) is 12.1. The number of aromatic amines is 1. The molecule has 0 aliphatic rings. The highest BCUT2D eigenvalue weighted by Gasteiger charge is 2.10. The summed E-state index contributed by atoms with van der Waals surface area (Å²) in [7, 11) is 0. The second-order valence-corrected chi connectivity index (χ2v) is 3.81. The minimum atomic E-state index is -0.954. The first-order valence-corrected chi connectivity index (χ1v) is 5.26. The molecular weight excluding hydrogens is 208 g/mol. The third-order valence-corrected chi connectivity index (χ3v) is 2.43. The van der Waals surface area contributed by atoms with Crippen LogP contribution in [0.25, 0.3) is 0 Å². The SMILES string of the molecule is Cc1nc(NCCCC(N)C(=O)O)[nH]c1C. The Morgan fingerprint density at radius 3 is 2.81 bits per heavy atom. The molecule has 6 nitrogen and oxygen atoms in total. The molecule has 1 rings (SSSR count). The van der Waals surface area contributed by atoms with E-state index in [-0.39, 0.29) is 0 Å².